The molecule has 2 heterocycles. The summed E-state index contributed by atoms with van der Waals surface area (Å²) in [4.78, 5) is 41.0. The lowest BCUT2D eigenvalue weighted by molar-refractivity contribution is -0.127. The Morgan fingerprint density at radius 3 is 2.62 bits per heavy atom. The topological polar surface area (TPSA) is 120 Å². The average Bonchev–Trinajstić information content (AvgIpc) is 3.57. The normalized spacial score (nSPS) is 11.9. The highest BCUT2D eigenvalue weighted by atomic mass is 16.5. The summed E-state index contributed by atoms with van der Waals surface area (Å²) in [6, 6.07) is 15.8. The molecule has 10 heteroatoms. The van der Waals surface area contributed by atoms with E-state index in [4.69, 9.17) is 9.15 Å². The summed E-state index contributed by atoms with van der Waals surface area (Å²) in [7, 11) is 1.28. The number of para-hydroxylation sites is 1. The average molecular weight is 504 g/mol. The Balaban J connectivity index is 1.76. The minimum atomic E-state index is -1.13. The summed E-state index contributed by atoms with van der Waals surface area (Å²) in [5.74, 6) is -0.749. The van der Waals surface area contributed by atoms with Crippen molar-refractivity contribution in [3.8, 4) is 0 Å². The van der Waals surface area contributed by atoms with Gasteiger partial charge in [0.2, 0.25) is 5.91 Å². The first-order valence-electron chi connectivity index (χ1n) is 12.0. The number of nitrogens with zero attached hydrogens (tertiary/aromatic N) is 4. The van der Waals surface area contributed by atoms with Gasteiger partial charge < -0.3 is 14.5 Å². The zero-order valence-corrected chi connectivity index (χ0v) is 21.0. The first kappa shape index (κ1) is 25.6. The lowest BCUT2D eigenvalue weighted by Gasteiger charge is -2.30. The van der Waals surface area contributed by atoms with Gasteiger partial charge in [-0.05, 0) is 54.8 Å². The number of fused-ring (bicyclic) bond motifs is 1. The third-order valence-corrected chi connectivity index (χ3v) is 5.86. The van der Waals surface area contributed by atoms with Crippen molar-refractivity contribution in [3.63, 3.8) is 0 Å². The van der Waals surface area contributed by atoms with E-state index >= 15 is 0 Å². The lowest BCUT2D eigenvalue weighted by atomic mass is 10.1. The zero-order valence-electron chi connectivity index (χ0n) is 21.0. The highest BCUT2D eigenvalue weighted by Gasteiger charge is 2.35. The van der Waals surface area contributed by atoms with Crippen LogP contribution < -0.4 is 10.2 Å². The maximum Gasteiger partial charge on any atom is 0.337 e. The first-order valence-corrected chi connectivity index (χ1v) is 12.0. The quantitative estimate of drug-likeness (QED) is 0.327. The van der Waals surface area contributed by atoms with Crippen molar-refractivity contribution in [2.45, 2.75) is 32.9 Å². The van der Waals surface area contributed by atoms with Crippen LogP contribution in [0, 0.1) is 5.92 Å². The van der Waals surface area contributed by atoms with E-state index in [1.54, 1.807) is 36.4 Å². The number of methoxy groups -OCH3 is 1. The van der Waals surface area contributed by atoms with Crippen LogP contribution in [0.1, 0.15) is 42.4 Å². The molecule has 0 spiro atoms. The third-order valence-electron chi connectivity index (χ3n) is 5.86. The monoisotopic (exact) mass is 503 g/mol. The number of rotatable bonds is 10. The molecule has 0 unspecified atom stereocenters. The van der Waals surface area contributed by atoms with Crippen molar-refractivity contribution in [2.75, 3.05) is 18.6 Å². The second kappa shape index (κ2) is 11.5. The molecule has 0 saturated heterocycles. The minimum absolute atomic E-state index is 0.195. The van der Waals surface area contributed by atoms with E-state index in [9.17, 15) is 14.4 Å². The number of esters is 1. The molecule has 1 N–H and O–H groups in total. The molecule has 2 amide bonds. The number of benzene rings is 2. The molecule has 0 radical (unpaired) electrons. The van der Waals surface area contributed by atoms with Crippen molar-refractivity contribution >= 4 is 34.5 Å². The molecule has 0 fully saturated rings. The van der Waals surface area contributed by atoms with Crippen LogP contribution in [0.2, 0.25) is 0 Å². The standard InChI is InChI=1S/C27H29N5O5/c1-18(2)13-14-28-26(34)25(23-12-7-15-37-23)32(20-9-6-8-19(16-20)27(35)36-3)24(33)17-31-22-11-5-4-10-21(22)29-30-31/h4-12,15-16,18,25H,13-14,17H2,1-3H3,(H,28,34)/t25-/m1/s1. The number of aromatic nitrogens is 3. The molecule has 4 aromatic rings. The van der Waals surface area contributed by atoms with E-state index in [-0.39, 0.29) is 17.9 Å². The van der Waals surface area contributed by atoms with Gasteiger partial charge in [-0.1, -0.05) is 37.3 Å². The number of furan rings is 1. The van der Waals surface area contributed by atoms with Gasteiger partial charge >= 0.3 is 5.97 Å². The van der Waals surface area contributed by atoms with E-state index in [1.807, 2.05) is 18.2 Å². The molecule has 2 aromatic carbocycles. The molecule has 0 saturated carbocycles. The van der Waals surface area contributed by atoms with Crippen LogP contribution in [0.5, 0.6) is 0 Å². The molecule has 0 aliphatic carbocycles. The summed E-state index contributed by atoms with van der Waals surface area (Å²) in [6.07, 6.45) is 2.22. The molecule has 0 aliphatic heterocycles. The predicted molar refractivity (Wildman–Crippen MR) is 137 cm³/mol. The van der Waals surface area contributed by atoms with Crippen LogP contribution in [0.4, 0.5) is 5.69 Å². The minimum Gasteiger partial charge on any atom is -0.467 e. The van der Waals surface area contributed by atoms with E-state index in [0.29, 0.717) is 29.2 Å². The van der Waals surface area contributed by atoms with Gasteiger partial charge in [0.1, 0.15) is 17.8 Å². The van der Waals surface area contributed by atoms with Gasteiger partial charge in [0, 0.05) is 12.2 Å². The number of ether oxygens (including phenoxy) is 1. The van der Waals surface area contributed by atoms with Crippen LogP contribution in [0.25, 0.3) is 11.0 Å². The number of anilines is 1. The van der Waals surface area contributed by atoms with E-state index in [1.165, 1.54) is 29.0 Å². The highest BCUT2D eigenvalue weighted by molar-refractivity contribution is 6.02. The van der Waals surface area contributed by atoms with Crippen LogP contribution >= 0.6 is 0 Å². The highest BCUT2D eigenvalue weighted by Crippen LogP contribution is 2.30. The summed E-state index contributed by atoms with van der Waals surface area (Å²) in [5, 5.41) is 11.2. The molecular formula is C27H29N5O5. The predicted octanol–water partition coefficient (Wildman–Crippen LogP) is 3.75. The van der Waals surface area contributed by atoms with Gasteiger partial charge in [0.05, 0.1) is 24.5 Å². The second-order valence-corrected chi connectivity index (χ2v) is 8.93. The van der Waals surface area contributed by atoms with Gasteiger partial charge in [0.25, 0.3) is 5.91 Å². The maximum atomic E-state index is 13.9. The summed E-state index contributed by atoms with van der Waals surface area (Å²) in [6.45, 7) is 4.37. The molecule has 4 rings (SSSR count). The number of amides is 2. The Labute approximate surface area is 214 Å². The van der Waals surface area contributed by atoms with Gasteiger partial charge in [-0.2, -0.15) is 0 Å². The maximum absolute atomic E-state index is 13.9. The van der Waals surface area contributed by atoms with Crippen molar-refractivity contribution in [1.82, 2.24) is 20.3 Å². The number of carbonyl (C=O) groups is 3. The zero-order chi connectivity index (χ0) is 26.4. The van der Waals surface area contributed by atoms with Crippen LogP contribution in [-0.4, -0.2) is 46.4 Å². The SMILES string of the molecule is COC(=O)c1cccc(N(C(=O)Cn2nnc3ccccc32)[C@@H](C(=O)NCCC(C)C)c2ccco2)c1. The number of hydrogen-bond donors (Lipinski definition) is 1. The number of nitrogens with one attached hydrogen (secondary N) is 1. The lowest BCUT2D eigenvalue weighted by Crippen LogP contribution is -2.45. The fourth-order valence-electron chi connectivity index (χ4n) is 3.98. The van der Waals surface area contributed by atoms with Crippen molar-refractivity contribution in [3.05, 3.63) is 78.3 Å². The second-order valence-electron chi connectivity index (χ2n) is 8.93. The third kappa shape index (κ3) is 5.85. The van der Waals surface area contributed by atoms with Gasteiger partial charge in [-0.3, -0.25) is 14.5 Å². The molecule has 1 atom stereocenters. The van der Waals surface area contributed by atoms with Crippen molar-refractivity contribution in [2.24, 2.45) is 5.92 Å². The fourth-order valence-corrected chi connectivity index (χ4v) is 3.98. The van der Waals surface area contributed by atoms with Crippen molar-refractivity contribution < 1.29 is 23.5 Å². The number of hydrogen-bond acceptors (Lipinski definition) is 7. The number of carbonyl (C=O) groups excluding carboxylic acids is 3. The summed E-state index contributed by atoms with van der Waals surface area (Å²) >= 11 is 0. The largest absolute Gasteiger partial charge is 0.467 e. The van der Waals surface area contributed by atoms with E-state index in [0.717, 1.165) is 6.42 Å². The molecular weight excluding hydrogens is 474 g/mol. The molecule has 0 bridgehead atoms. The smallest absolute Gasteiger partial charge is 0.337 e. The molecule has 0 aliphatic rings. The summed E-state index contributed by atoms with van der Waals surface area (Å²) in [5.41, 5.74) is 1.89. The Morgan fingerprint density at radius 1 is 1.08 bits per heavy atom. The fraction of sp³-hybridized carbons (Fsp3) is 0.296. The van der Waals surface area contributed by atoms with E-state index in [2.05, 4.69) is 29.5 Å². The van der Waals surface area contributed by atoms with Crippen LogP contribution in [0.3, 0.4) is 0 Å². The molecule has 2 aromatic heterocycles. The Morgan fingerprint density at radius 2 is 1.89 bits per heavy atom. The Bertz CT molecular complexity index is 1380. The summed E-state index contributed by atoms with van der Waals surface area (Å²) < 4.78 is 12.0. The van der Waals surface area contributed by atoms with Gasteiger partial charge in [-0.15, -0.1) is 5.10 Å². The Kier molecular flexibility index (Phi) is 7.97. The van der Waals surface area contributed by atoms with Crippen LogP contribution in [0.15, 0.2) is 71.3 Å². The van der Waals surface area contributed by atoms with E-state index < -0.39 is 23.8 Å². The Hall–Kier alpha value is -4.47. The first-order chi connectivity index (χ1) is 17.9. The molecule has 37 heavy (non-hydrogen) atoms. The van der Waals surface area contributed by atoms with Crippen LogP contribution in [-0.2, 0) is 20.9 Å². The van der Waals surface area contributed by atoms with Gasteiger partial charge in [0.15, 0.2) is 6.04 Å². The van der Waals surface area contributed by atoms with Crippen molar-refractivity contribution in [1.29, 1.82) is 0 Å². The molecule has 192 valence electrons. The molecule has 10 nitrogen and oxygen atoms in total. The van der Waals surface area contributed by atoms with Gasteiger partial charge in [-0.25, -0.2) is 9.48 Å².